The van der Waals surface area contributed by atoms with Gasteiger partial charge in [0, 0.05) is 18.3 Å². The van der Waals surface area contributed by atoms with E-state index in [1.54, 1.807) is 38.5 Å². The number of anilines is 1. The van der Waals surface area contributed by atoms with E-state index in [-0.39, 0.29) is 5.78 Å². The van der Waals surface area contributed by atoms with Gasteiger partial charge in [-0.2, -0.15) is 0 Å². The van der Waals surface area contributed by atoms with Gasteiger partial charge in [-0.3, -0.25) is 4.79 Å². The third-order valence-corrected chi connectivity index (χ3v) is 4.04. The Morgan fingerprint density at radius 1 is 1.08 bits per heavy atom. The number of ketones is 1. The van der Waals surface area contributed by atoms with Crippen molar-refractivity contribution in [1.82, 2.24) is 0 Å². The lowest BCUT2D eigenvalue weighted by Crippen LogP contribution is -1.99. The number of nitrogens with one attached hydrogen (secondary N) is 1. The molecule has 4 nitrogen and oxygen atoms in total. The zero-order valence-electron chi connectivity index (χ0n) is 15.3. The molecule has 2 aromatic rings. The van der Waals surface area contributed by atoms with E-state index < -0.39 is 0 Å². The minimum Gasteiger partial charge on any atom is -0.496 e. The lowest BCUT2D eigenvalue weighted by atomic mass is 10.0. The Morgan fingerprint density at radius 3 is 2.36 bits per heavy atom. The van der Waals surface area contributed by atoms with Crippen LogP contribution in [0.3, 0.4) is 0 Å². The Hall–Kier alpha value is -2.75. The van der Waals surface area contributed by atoms with Crippen LogP contribution in [0.2, 0.25) is 0 Å². The van der Waals surface area contributed by atoms with Crippen LogP contribution in [0.25, 0.3) is 6.08 Å². The standard InChI is InChI=1S/C21H25NO3/c1-5-6-16-9-14-20(24-3)18(21(16)25-4)12-13-19(23)15-7-10-17(22-2)11-8-15/h7-14,22H,5-6H2,1-4H3. The molecule has 0 aliphatic heterocycles. The molecule has 0 bridgehead atoms. The van der Waals surface area contributed by atoms with Gasteiger partial charge in [-0.05, 0) is 54.5 Å². The van der Waals surface area contributed by atoms with Gasteiger partial charge in [-0.15, -0.1) is 0 Å². The van der Waals surface area contributed by atoms with Crippen LogP contribution in [0, 0.1) is 0 Å². The molecule has 0 atom stereocenters. The van der Waals surface area contributed by atoms with Gasteiger partial charge < -0.3 is 14.8 Å². The molecule has 25 heavy (non-hydrogen) atoms. The maximum atomic E-state index is 12.4. The zero-order chi connectivity index (χ0) is 18.2. The number of rotatable bonds is 8. The molecular formula is C21H25NO3. The summed E-state index contributed by atoms with van der Waals surface area (Å²) in [6.45, 7) is 2.12. The largest absolute Gasteiger partial charge is 0.496 e. The summed E-state index contributed by atoms with van der Waals surface area (Å²) in [7, 11) is 5.10. The highest BCUT2D eigenvalue weighted by Crippen LogP contribution is 2.34. The second kappa shape index (κ2) is 8.92. The fraction of sp³-hybridized carbons (Fsp3) is 0.286. The van der Waals surface area contributed by atoms with Crippen LogP contribution < -0.4 is 14.8 Å². The van der Waals surface area contributed by atoms with Crippen molar-refractivity contribution in [3.8, 4) is 11.5 Å². The molecule has 0 radical (unpaired) electrons. The molecule has 0 unspecified atom stereocenters. The molecule has 0 aliphatic rings. The predicted octanol–water partition coefficient (Wildman–Crippen LogP) is 4.59. The van der Waals surface area contributed by atoms with Crippen molar-refractivity contribution in [3.63, 3.8) is 0 Å². The average molecular weight is 339 g/mol. The van der Waals surface area contributed by atoms with Gasteiger partial charge in [0.25, 0.3) is 0 Å². The fourth-order valence-electron chi connectivity index (χ4n) is 2.73. The number of carbonyl (C=O) groups is 1. The molecule has 0 amide bonds. The highest BCUT2D eigenvalue weighted by atomic mass is 16.5. The summed E-state index contributed by atoms with van der Waals surface area (Å²) in [5.41, 5.74) is 3.50. The van der Waals surface area contributed by atoms with Crippen LogP contribution in [0.1, 0.15) is 34.8 Å². The molecule has 4 heteroatoms. The molecule has 1 N–H and O–H groups in total. The summed E-state index contributed by atoms with van der Waals surface area (Å²) in [6.07, 6.45) is 5.26. The maximum absolute atomic E-state index is 12.4. The summed E-state index contributed by atoms with van der Waals surface area (Å²) in [5.74, 6) is 1.38. The third-order valence-electron chi connectivity index (χ3n) is 4.04. The number of carbonyl (C=O) groups excluding carboxylic acids is 1. The SMILES string of the molecule is CCCc1ccc(OC)c(C=CC(=O)c2ccc(NC)cc2)c1OC. The van der Waals surface area contributed by atoms with Gasteiger partial charge in [0.1, 0.15) is 11.5 Å². The summed E-state index contributed by atoms with van der Waals surface area (Å²) in [6, 6.07) is 11.3. The van der Waals surface area contributed by atoms with Gasteiger partial charge in [0.15, 0.2) is 5.78 Å². The van der Waals surface area contributed by atoms with E-state index >= 15 is 0 Å². The molecule has 2 aromatic carbocycles. The predicted molar refractivity (Wildman–Crippen MR) is 103 cm³/mol. The van der Waals surface area contributed by atoms with E-state index in [9.17, 15) is 4.79 Å². The minimum atomic E-state index is -0.0624. The first-order chi connectivity index (χ1) is 12.1. The first kappa shape index (κ1) is 18.6. The molecule has 0 heterocycles. The van der Waals surface area contributed by atoms with Crippen LogP contribution in [-0.2, 0) is 6.42 Å². The van der Waals surface area contributed by atoms with Crippen molar-refractivity contribution < 1.29 is 14.3 Å². The maximum Gasteiger partial charge on any atom is 0.185 e. The molecule has 0 saturated heterocycles. The Morgan fingerprint density at radius 2 is 1.80 bits per heavy atom. The Labute approximate surface area is 149 Å². The van der Waals surface area contributed by atoms with Crippen LogP contribution in [0.4, 0.5) is 5.69 Å². The van der Waals surface area contributed by atoms with E-state index in [1.807, 2.05) is 31.3 Å². The van der Waals surface area contributed by atoms with Gasteiger partial charge in [0.05, 0.1) is 19.8 Å². The Kier molecular flexibility index (Phi) is 6.63. The molecule has 2 rings (SSSR count). The smallest absolute Gasteiger partial charge is 0.185 e. The summed E-state index contributed by atoms with van der Waals surface area (Å²) in [5, 5.41) is 3.04. The minimum absolute atomic E-state index is 0.0624. The van der Waals surface area contributed by atoms with E-state index in [1.165, 1.54) is 0 Å². The Balaban J connectivity index is 2.34. The number of ether oxygens (including phenoxy) is 2. The van der Waals surface area contributed by atoms with Crippen molar-refractivity contribution in [1.29, 1.82) is 0 Å². The van der Waals surface area contributed by atoms with E-state index in [4.69, 9.17) is 9.47 Å². The molecule has 0 saturated carbocycles. The van der Waals surface area contributed by atoms with Gasteiger partial charge >= 0.3 is 0 Å². The molecule has 0 spiro atoms. The molecule has 0 fully saturated rings. The second-order valence-corrected chi connectivity index (χ2v) is 5.65. The number of benzene rings is 2. The highest BCUT2D eigenvalue weighted by molar-refractivity contribution is 6.07. The Bertz CT molecular complexity index is 748. The average Bonchev–Trinajstić information content (AvgIpc) is 2.66. The van der Waals surface area contributed by atoms with Gasteiger partial charge in [0.2, 0.25) is 0 Å². The summed E-state index contributed by atoms with van der Waals surface area (Å²) >= 11 is 0. The van der Waals surface area contributed by atoms with E-state index in [0.717, 1.165) is 35.4 Å². The van der Waals surface area contributed by atoms with Crippen LogP contribution in [0.5, 0.6) is 11.5 Å². The first-order valence-electron chi connectivity index (χ1n) is 8.38. The van der Waals surface area contributed by atoms with Crippen LogP contribution >= 0.6 is 0 Å². The van der Waals surface area contributed by atoms with Crippen molar-refractivity contribution in [2.24, 2.45) is 0 Å². The lowest BCUT2D eigenvalue weighted by molar-refractivity contribution is 0.104. The zero-order valence-corrected chi connectivity index (χ0v) is 15.3. The van der Waals surface area contributed by atoms with Gasteiger partial charge in [-0.25, -0.2) is 0 Å². The number of hydrogen-bond donors (Lipinski definition) is 1. The second-order valence-electron chi connectivity index (χ2n) is 5.65. The van der Waals surface area contributed by atoms with E-state index in [0.29, 0.717) is 11.3 Å². The van der Waals surface area contributed by atoms with Gasteiger partial charge in [-0.1, -0.05) is 19.4 Å². The fourth-order valence-corrected chi connectivity index (χ4v) is 2.73. The normalized spacial score (nSPS) is 10.7. The van der Waals surface area contributed by atoms with E-state index in [2.05, 4.69) is 12.2 Å². The number of aryl methyl sites for hydroxylation is 1. The van der Waals surface area contributed by atoms with Crippen molar-refractivity contribution in [3.05, 3.63) is 59.2 Å². The number of hydrogen-bond acceptors (Lipinski definition) is 4. The number of allylic oxidation sites excluding steroid dienone is 1. The highest BCUT2D eigenvalue weighted by Gasteiger charge is 2.13. The molecule has 0 aromatic heterocycles. The van der Waals surface area contributed by atoms with Crippen molar-refractivity contribution >= 4 is 17.5 Å². The molecule has 0 aliphatic carbocycles. The van der Waals surface area contributed by atoms with Crippen molar-refractivity contribution in [2.75, 3.05) is 26.6 Å². The lowest BCUT2D eigenvalue weighted by Gasteiger charge is -2.14. The van der Waals surface area contributed by atoms with Crippen molar-refractivity contribution in [2.45, 2.75) is 19.8 Å². The monoisotopic (exact) mass is 339 g/mol. The number of methoxy groups -OCH3 is 2. The third kappa shape index (κ3) is 4.41. The quantitative estimate of drug-likeness (QED) is 0.564. The molecule has 132 valence electrons. The first-order valence-corrected chi connectivity index (χ1v) is 8.38. The van der Waals surface area contributed by atoms with Crippen LogP contribution in [0.15, 0.2) is 42.5 Å². The summed E-state index contributed by atoms with van der Waals surface area (Å²) < 4.78 is 11.0. The molecular weight excluding hydrogens is 314 g/mol. The topological polar surface area (TPSA) is 47.6 Å². The van der Waals surface area contributed by atoms with Crippen LogP contribution in [-0.4, -0.2) is 27.1 Å². The summed E-state index contributed by atoms with van der Waals surface area (Å²) in [4.78, 5) is 12.4.